The molecule has 0 aromatic heterocycles. The highest BCUT2D eigenvalue weighted by atomic mass is 32.3. The zero-order valence-electron chi connectivity index (χ0n) is 8.07. The van der Waals surface area contributed by atoms with Gasteiger partial charge in [-0.1, -0.05) is 4.13 Å². The van der Waals surface area contributed by atoms with Crippen molar-refractivity contribution in [3.8, 4) is 18.1 Å². The molecular formula is C10H9NO2S2. The number of nitrogens with one attached hydrogen (secondary N) is 1. The Bertz CT molecular complexity index is 428. The van der Waals surface area contributed by atoms with Gasteiger partial charge in [-0.25, -0.2) is 0 Å². The molecule has 1 N–H and O–H groups in total. The number of ether oxygens (including phenoxy) is 1. The summed E-state index contributed by atoms with van der Waals surface area (Å²) in [5.74, 6) is 3.28. The minimum absolute atomic E-state index is 0.519. The van der Waals surface area contributed by atoms with E-state index in [-0.39, 0.29) is 0 Å². The highest BCUT2D eigenvalue weighted by molar-refractivity contribution is 8.11. The minimum atomic E-state index is -1.16. The van der Waals surface area contributed by atoms with Crippen LogP contribution in [0.3, 0.4) is 0 Å². The van der Waals surface area contributed by atoms with Gasteiger partial charge in [0.15, 0.2) is 4.90 Å². The van der Waals surface area contributed by atoms with Crippen LogP contribution < -0.4 is 8.86 Å². The summed E-state index contributed by atoms with van der Waals surface area (Å²) in [6.45, 7) is 0. The van der Waals surface area contributed by atoms with Gasteiger partial charge in [0, 0.05) is 24.4 Å². The van der Waals surface area contributed by atoms with Crippen molar-refractivity contribution in [2.75, 3.05) is 7.11 Å². The van der Waals surface area contributed by atoms with Crippen molar-refractivity contribution in [3.05, 3.63) is 17.7 Å². The molecule has 5 heteroatoms. The van der Waals surface area contributed by atoms with Crippen LogP contribution >= 0.6 is 11.9 Å². The van der Waals surface area contributed by atoms with Gasteiger partial charge in [0.1, 0.15) is 5.75 Å². The largest absolute Gasteiger partial charge is 0.592 e. The number of benzene rings is 1. The highest BCUT2D eigenvalue weighted by Crippen LogP contribution is 2.38. The fourth-order valence-corrected chi connectivity index (χ4v) is 3.66. The number of fused-ring (bicyclic) bond motifs is 1. The molecule has 1 atom stereocenters. The van der Waals surface area contributed by atoms with E-state index in [1.165, 1.54) is 11.9 Å². The maximum absolute atomic E-state index is 11.6. The summed E-state index contributed by atoms with van der Waals surface area (Å²) < 4.78 is 19.5. The summed E-state index contributed by atoms with van der Waals surface area (Å²) in [7, 11) is 1.58. The van der Waals surface area contributed by atoms with Gasteiger partial charge in [-0.2, -0.15) is 0 Å². The van der Waals surface area contributed by atoms with Gasteiger partial charge >= 0.3 is 0 Å². The quantitative estimate of drug-likeness (QED) is 0.482. The number of hydrogen-bond acceptors (Lipinski definition) is 4. The Morgan fingerprint density at radius 2 is 2.47 bits per heavy atom. The molecular weight excluding hydrogens is 230 g/mol. The molecule has 2 rings (SSSR count). The molecule has 1 aliphatic heterocycles. The molecule has 0 bridgehead atoms. The first-order valence-corrected chi connectivity index (χ1v) is 6.21. The maximum atomic E-state index is 11.6. The van der Waals surface area contributed by atoms with Gasteiger partial charge in [-0.3, -0.25) is 0 Å². The van der Waals surface area contributed by atoms with E-state index in [1.807, 2.05) is 6.07 Å². The van der Waals surface area contributed by atoms with E-state index < -0.39 is 11.4 Å². The molecule has 0 saturated carbocycles. The van der Waals surface area contributed by atoms with Gasteiger partial charge in [-0.05, 0) is 11.6 Å². The lowest BCUT2D eigenvalue weighted by Crippen LogP contribution is -2.09. The van der Waals surface area contributed by atoms with Crippen LogP contribution in [0.25, 0.3) is 0 Å². The minimum Gasteiger partial charge on any atom is -0.592 e. The van der Waals surface area contributed by atoms with Crippen LogP contribution in [0.1, 0.15) is 5.56 Å². The third-order valence-corrected chi connectivity index (χ3v) is 4.53. The topological polar surface area (TPSA) is 44.3 Å². The second-order valence-electron chi connectivity index (χ2n) is 2.95. The van der Waals surface area contributed by atoms with Crippen LogP contribution in [-0.4, -0.2) is 11.7 Å². The Balaban J connectivity index is 2.51. The molecule has 0 fully saturated rings. The van der Waals surface area contributed by atoms with Crippen molar-refractivity contribution in [3.63, 3.8) is 0 Å². The third-order valence-electron chi connectivity index (χ3n) is 2.05. The number of rotatable bonds is 2. The van der Waals surface area contributed by atoms with Crippen molar-refractivity contribution in [2.45, 2.75) is 16.2 Å². The van der Waals surface area contributed by atoms with Gasteiger partial charge in [0.25, 0.3) is 0 Å². The Morgan fingerprint density at radius 3 is 3.13 bits per heavy atom. The van der Waals surface area contributed by atoms with Gasteiger partial charge in [0.05, 0.1) is 23.4 Å². The molecule has 3 nitrogen and oxygen atoms in total. The zero-order chi connectivity index (χ0) is 10.8. The average molecular weight is 239 g/mol. The maximum Gasteiger partial charge on any atom is 0.193 e. The molecule has 0 radical (unpaired) electrons. The number of methoxy groups -OCH3 is 1. The molecule has 1 heterocycles. The van der Waals surface area contributed by atoms with Crippen molar-refractivity contribution in [1.29, 1.82) is 0 Å². The summed E-state index contributed by atoms with van der Waals surface area (Å²) >= 11 is 0.201. The fourth-order valence-electron chi connectivity index (χ4n) is 1.37. The lowest BCUT2D eigenvalue weighted by molar-refractivity contribution is 0.412. The number of terminal acetylenes is 1. The number of hydrogen-bond donors (Lipinski definition) is 1. The summed E-state index contributed by atoms with van der Waals surface area (Å²) in [6, 6.07) is 3.66. The van der Waals surface area contributed by atoms with Crippen LogP contribution in [0.2, 0.25) is 0 Å². The van der Waals surface area contributed by atoms with Gasteiger partial charge in [-0.15, -0.1) is 12.3 Å². The molecule has 0 spiro atoms. The van der Waals surface area contributed by atoms with E-state index in [4.69, 9.17) is 11.2 Å². The lowest BCUT2D eigenvalue weighted by Gasteiger charge is -2.06. The Morgan fingerprint density at radius 1 is 1.67 bits per heavy atom. The van der Waals surface area contributed by atoms with E-state index in [9.17, 15) is 4.55 Å². The monoisotopic (exact) mass is 239 g/mol. The smallest absolute Gasteiger partial charge is 0.193 e. The first-order valence-electron chi connectivity index (χ1n) is 4.25. The predicted molar refractivity (Wildman–Crippen MR) is 60.9 cm³/mol. The van der Waals surface area contributed by atoms with Crippen LogP contribution in [0, 0.1) is 12.3 Å². The van der Waals surface area contributed by atoms with E-state index in [0.717, 1.165) is 15.4 Å². The summed E-state index contributed by atoms with van der Waals surface area (Å²) in [6.07, 6.45) is 5.80. The lowest BCUT2D eigenvalue weighted by atomic mass is 10.1. The highest BCUT2D eigenvalue weighted by Gasteiger charge is 2.29. The van der Waals surface area contributed by atoms with E-state index in [0.29, 0.717) is 12.2 Å². The molecule has 0 aliphatic carbocycles. The standard InChI is InChI=1S/C10H9NO2S2/c1-3-4-7-5-8(13-2)6-9-10(7)14-11-15(9)12/h1,5-6,11H,4H2,2H3. The summed E-state index contributed by atoms with van der Waals surface area (Å²) in [4.78, 5) is 1.72. The van der Waals surface area contributed by atoms with Gasteiger partial charge in [0.2, 0.25) is 0 Å². The molecule has 0 amide bonds. The molecule has 1 unspecified atom stereocenters. The average Bonchev–Trinajstić information content (AvgIpc) is 2.61. The van der Waals surface area contributed by atoms with Crippen LogP contribution in [-0.2, 0) is 17.8 Å². The van der Waals surface area contributed by atoms with E-state index in [1.54, 1.807) is 13.2 Å². The molecule has 1 aromatic rings. The van der Waals surface area contributed by atoms with Crippen molar-refractivity contribution in [2.24, 2.45) is 0 Å². The van der Waals surface area contributed by atoms with E-state index in [2.05, 4.69) is 10.0 Å². The third kappa shape index (κ3) is 1.94. The normalized spacial score (nSPS) is 18.3. The predicted octanol–water partition coefficient (Wildman–Crippen LogP) is 1.50. The summed E-state index contributed by atoms with van der Waals surface area (Å²) in [5.41, 5.74) is 0.982. The SMILES string of the molecule is C#CCc1cc(OC)cc2c1SN[S+]2[O-]. The van der Waals surface area contributed by atoms with Crippen molar-refractivity contribution < 1.29 is 9.29 Å². The molecule has 15 heavy (non-hydrogen) atoms. The molecule has 1 aromatic carbocycles. The Kier molecular flexibility index (Phi) is 3.12. The van der Waals surface area contributed by atoms with Crippen molar-refractivity contribution >= 4 is 23.3 Å². The molecule has 78 valence electrons. The zero-order valence-corrected chi connectivity index (χ0v) is 9.71. The van der Waals surface area contributed by atoms with Crippen LogP contribution in [0.15, 0.2) is 21.9 Å². The van der Waals surface area contributed by atoms with Crippen LogP contribution in [0.5, 0.6) is 5.75 Å². The van der Waals surface area contributed by atoms with Crippen LogP contribution in [0.4, 0.5) is 0 Å². The fraction of sp³-hybridized carbons (Fsp3) is 0.200. The first-order chi connectivity index (χ1) is 7.26. The first kappa shape index (κ1) is 10.7. The Hall–Kier alpha value is -0.800. The Labute approximate surface area is 96.0 Å². The second kappa shape index (κ2) is 4.37. The second-order valence-corrected chi connectivity index (χ2v) is 5.21. The van der Waals surface area contributed by atoms with Gasteiger partial charge < -0.3 is 9.29 Å². The summed E-state index contributed by atoms with van der Waals surface area (Å²) in [5, 5.41) is 0. The van der Waals surface area contributed by atoms with E-state index >= 15 is 0 Å². The molecule has 0 saturated heterocycles. The molecule has 1 aliphatic rings. The van der Waals surface area contributed by atoms with Crippen molar-refractivity contribution in [1.82, 2.24) is 4.13 Å².